The Morgan fingerprint density at radius 1 is 0.574 bits per heavy atom. The van der Waals surface area contributed by atoms with Crippen molar-refractivity contribution < 1.29 is 37.6 Å². The first-order chi connectivity index (χ1) is 26.3. The van der Waals surface area contributed by atoms with Gasteiger partial charge in [0.05, 0.1) is 13.2 Å². The van der Waals surface area contributed by atoms with Crippen molar-refractivity contribution in [3.8, 4) is 0 Å². The Kier molecular flexibility index (Phi) is 39.1. The number of carbonyl (C=O) groups is 2. The maximum atomic E-state index is 12.6. The summed E-state index contributed by atoms with van der Waals surface area (Å²) in [5, 5.41) is 2.82. The number of phosphoric acid groups is 1. The molecule has 0 spiro atoms. The zero-order valence-electron chi connectivity index (χ0n) is 34.7. The Morgan fingerprint density at radius 2 is 1.00 bits per heavy atom. The maximum Gasteiger partial charge on any atom is 0.472 e. The lowest BCUT2D eigenvalue weighted by Gasteiger charge is -2.20. The molecule has 0 aromatic carbocycles. The molecule has 0 aromatic rings. The van der Waals surface area contributed by atoms with Crippen LogP contribution < -0.4 is 5.32 Å². The molecule has 0 aromatic heterocycles. The number of ether oxygens (including phenoxy) is 2. The monoisotopic (exact) mass is 782 g/mol. The van der Waals surface area contributed by atoms with Crippen molar-refractivity contribution in [2.24, 2.45) is 0 Å². The fraction of sp³-hybridized carbons (Fsp3) is 0.773. The second-order valence-electron chi connectivity index (χ2n) is 14.2. The smallest absolute Gasteiger partial charge is 0.462 e. The van der Waals surface area contributed by atoms with E-state index in [1.54, 1.807) is 7.05 Å². The van der Waals surface area contributed by atoms with E-state index in [1.807, 2.05) is 0 Å². The summed E-state index contributed by atoms with van der Waals surface area (Å²) in [5.41, 5.74) is 0. The van der Waals surface area contributed by atoms with Gasteiger partial charge in [-0.25, -0.2) is 4.57 Å². The molecule has 0 saturated heterocycles. The number of phosphoric ester groups is 1. The van der Waals surface area contributed by atoms with E-state index in [0.29, 0.717) is 13.0 Å². The molecule has 0 rings (SSSR count). The molecule has 0 aliphatic carbocycles. The number of unbranched alkanes of at least 4 members (excludes halogenated alkanes) is 18. The number of carbonyl (C=O) groups excluding carboxylic acids is 2. The van der Waals surface area contributed by atoms with Crippen molar-refractivity contribution in [1.29, 1.82) is 0 Å². The van der Waals surface area contributed by atoms with Crippen molar-refractivity contribution in [1.82, 2.24) is 5.32 Å². The molecular weight excluding hydrogens is 701 g/mol. The van der Waals surface area contributed by atoms with E-state index < -0.39 is 26.5 Å². The predicted octanol–water partition coefficient (Wildman–Crippen LogP) is 12.2. The van der Waals surface area contributed by atoms with E-state index in [4.69, 9.17) is 18.5 Å². The molecule has 314 valence electrons. The maximum absolute atomic E-state index is 12.6. The van der Waals surface area contributed by atoms with E-state index in [9.17, 15) is 19.0 Å². The largest absolute Gasteiger partial charge is 0.472 e. The number of hydrogen-bond acceptors (Lipinski definition) is 8. The molecule has 0 bridgehead atoms. The van der Waals surface area contributed by atoms with Crippen molar-refractivity contribution in [2.45, 2.75) is 187 Å². The van der Waals surface area contributed by atoms with Gasteiger partial charge in [0.2, 0.25) is 0 Å². The molecule has 0 aliphatic rings. The Labute approximate surface area is 330 Å². The van der Waals surface area contributed by atoms with Gasteiger partial charge in [-0.05, 0) is 84.1 Å². The molecule has 10 heteroatoms. The molecule has 0 fully saturated rings. The Hall–Kier alpha value is -2.03. The first-order valence-electron chi connectivity index (χ1n) is 21.6. The molecule has 0 amide bonds. The lowest BCUT2D eigenvalue weighted by atomic mass is 10.1. The van der Waals surface area contributed by atoms with Gasteiger partial charge >= 0.3 is 19.8 Å². The van der Waals surface area contributed by atoms with Gasteiger partial charge in [0.15, 0.2) is 6.10 Å². The number of hydrogen-bond donors (Lipinski definition) is 2. The van der Waals surface area contributed by atoms with Crippen LogP contribution in [0.1, 0.15) is 181 Å². The van der Waals surface area contributed by atoms with Gasteiger partial charge in [0.1, 0.15) is 6.61 Å². The molecule has 2 unspecified atom stereocenters. The number of nitrogens with one attached hydrogen (secondary N) is 1. The Balaban J connectivity index is 4.26. The summed E-state index contributed by atoms with van der Waals surface area (Å²) in [6.45, 7) is 4.14. The molecule has 2 atom stereocenters. The standard InChI is InChI=1S/C44H80NO8P/c1-4-6-8-10-12-14-16-18-20-21-23-24-26-28-30-32-34-36-43(46)50-40-42(41-52-54(48,49)51-39-38-45-3)53-44(47)37-35-33-31-29-27-25-22-19-17-15-13-11-9-7-5-2/h12-15,18-20,22,42,45H,4-11,16-17,21,23-41H2,1-3H3,(H,48,49)/b14-12-,15-13-,20-18-,22-19-. The summed E-state index contributed by atoms with van der Waals surface area (Å²) in [5.74, 6) is -0.833. The third kappa shape index (κ3) is 39.7. The molecule has 0 heterocycles. The quantitative estimate of drug-likeness (QED) is 0.0271. The Morgan fingerprint density at radius 3 is 1.46 bits per heavy atom. The highest BCUT2D eigenvalue weighted by Gasteiger charge is 2.26. The van der Waals surface area contributed by atoms with Crippen LogP contribution in [0.4, 0.5) is 0 Å². The minimum absolute atomic E-state index is 0.0226. The Bertz CT molecular complexity index is 1030. The highest BCUT2D eigenvalue weighted by atomic mass is 31.2. The summed E-state index contributed by atoms with van der Waals surface area (Å²) in [6.07, 6.45) is 44.3. The van der Waals surface area contributed by atoms with Gasteiger partial charge in [0, 0.05) is 19.4 Å². The zero-order valence-corrected chi connectivity index (χ0v) is 35.6. The molecule has 0 radical (unpaired) electrons. The SMILES string of the molecule is CCCCC/C=C\C/C=C\CCCCCCCCCC(=O)OCC(COP(=O)(O)OCCNC)OC(=O)CCCCCCC/C=C\C/C=C\CCCCC. The van der Waals surface area contributed by atoms with Crippen LogP contribution in [0.5, 0.6) is 0 Å². The number of likely N-dealkylation sites (N-methyl/N-ethyl adjacent to an activating group) is 1. The highest BCUT2D eigenvalue weighted by Crippen LogP contribution is 2.43. The van der Waals surface area contributed by atoms with Crippen molar-refractivity contribution in [2.75, 3.05) is 33.4 Å². The molecule has 9 nitrogen and oxygen atoms in total. The van der Waals surface area contributed by atoms with Crippen LogP contribution in [0.25, 0.3) is 0 Å². The van der Waals surface area contributed by atoms with Gasteiger partial charge in [0.25, 0.3) is 0 Å². The summed E-state index contributed by atoms with van der Waals surface area (Å²) < 4.78 is 33.2. The van der Waals surface area contributed by atoms with E-state index >= 15 is 0 Å². The van der Waals surface area contributed by atoms with Crippen molar-refractivity contribution in [3.63, 3.8) is 0 Å². The number of allylic oxidation sites excluding steroid dienone is 8. The summed E-state index contributed by atoms with van der Waals surface area (Å²) >= 11 is 0. The van der Waals surface area contributed by atoms with E-state index in [1.165, 1.54) is 70.6 Å². The summed E-state index contributed by atoms with van der Waals surface area (Å²) in [7, 11) is -2.66. The molecular formula is C44H80NO8P. The van der Waals surface area contributed by atoms with E-state index in [0.717, 1.165) is 77.0 Å². The lowest BCUT2D eigenvalue weighted by molar-refractivity contribution is -0.161. The van der Waals surface area contributed by atoms with Gasteiger partial charge in [-0.3, -0.25) is 18.6 Å². The van der Waals surface area contributed by atoms with E-state index in [2.05, 4.69) is 67.8 Å². The fourth-order valence-corrected chi connectivity index (χ4v) is 6.36. The minimum Gasteiger partial charge on any atom is -0.462 e. The zero-order chi connectivity index (χ0) is 39.6. The van der Waals surface area contributed by atoms with Crippen LogP contribution in [0.3, 0.4) is 0 Å². The van der Waals surface area contributed by atoms with Crippen molar-refractivity contribution in [3.05, 3.63) is 48.6 Å². The van der Waals surface area contributed by atoms with Crippen LogP contribution in [-0.2, 0) is 32.7 Å². The van der Waals surface area contributed by atoms with E-state index in [-0.39, 0.29) is 32.0 Å². The average Bonchev–Trinajstić information content (AvgIpc) is 3.15. The minimum atomic E-state index is -4.35. The first-order valence-corrected chi connectivity index (χ1v) is 23.1. The second-order valence-corrected chi connectivity index (χ2v) is 15.6. The van der Waals surface area contributed by atoms with Crippen LogP contribution in [0.15, 0.2) is 48.6 Å². The van der Waals surface area contributed by atoms with Gasteiger partial charge in [-0.15, -0.1) is 0 Å². The molecule has 0 aliphatic heterocycles. The van der Waals surface area contributed by atoms with Crippen LogP contribution >= 0.6 is 7.82 Å². The first kappa shape index (κ1) is 52.0. The second kappa shape index (κ2) is 40.6. The topological polar surface area (TPSA) is 120 Å². The third-order valence-corrected chi connectivity index (χ3v) is 9.91. The fourth-order valence-electron chi connectivity index (χ4n) is 5.61. The lowest BCUT2D eigenvalue weighted by Crippen LogP contribution is -2.29. The molecule has 0 saturated carbocycles. The third-order valence-electron chi connectivity index (χ3n) is 8.92. The average molecular weight is 782 g/mol. The highest BCUT2D eigenvalue weighted by molar-refractivity contribution is 7.47. The van der Waals surface area contributed by atoms with Gasteiger partial charge in [-0.2, -0.15) is 0 Å². The number of esters is 2. The number of rotatable bonds is 40. The summed E-state index contributed by atoms with van der Waals surface area (Å²) in [6, 6.07) is 0. The van der Waals surface area contributed by atoms with Crippen molar-refractivity contribution >= 4 is 19.8 Å². The predicted molar refractivity (Wildman–Crippen MR) is 224 cm³/mol. The van der Waals surface area contributed by atoms with Crippen LogP contribution in [0, 0.1) is 0 Å². The summed E-state index contributed by atoms with van der Waals surface area (Å²) in [4.78, 5) is 35.0. The normalized spacial score (nSPS) is 13.8. The molecule has 54 heavy (non-hydrogen) atoms. The molecule has 2 N–H and O–H groups in total. The van der Waals surface area contributed by atoms with Gasteiger partial charge in [-0.1, -0.05) is 140 Å². The van der Waals surface area contributed by atoms with Gasteiger partial charge < -0.3 is 19.7 Å². The van der Waals surface area contributed by atoms with Crippen LogP contribution in [-0.4, -0.2) is 56.3 Å². The van der Waals surface area contributed by atoms with Crippen LogP contribution in [0.2, 0.25) is 0 Å².